The van der Waals surface area contributed by atoms with E-state index >= 15 is 0 Å². The van der Waals surface area contributed by atoms with Crippen LogP contribution in [-0.4, -0.2) is 15.0 Å². The number of fused-ring (bicyclic) bond motifs is 1. The second-order valence-electron chi connectivity index (χ2n) is 4.02. The molecule has 0 fully saturated rings. The smallest absolute Gasteiger partial charge is 0.211 e. The summed E-state index contributed by atoms with van der Waals surface area (Å²) in [7, 11) is -3.42. The Morgan fingerprint density at radius 1 is 1.22 bits per heavy atom. The van der Waals surface area contributed by atoms with Gasteiger partial charge in [-0.2, -0.15) is 0 Å². The van der Waals surface area contributed by atoms with Gasteiger partial charge in [0.25, 0.3) is 0 Å². The number of nitrogens with one attached hydrogen (secondary N) is 1. The summed E-state index contributed by atoms with van der Waals surface area (Å²) < 4.78 is 26.5. The topological polar surface area (TPSA) is 46.2 Å². The van der Waals surface area contributed by atoms with Crippen molar-refractivity contribution in [3.8, 4) is 0 Å². The summed E-state index contributed by atoms with van der Waals surface area (Å²) in [4.78, 5) is 0.269. The lowest BCUT2D eigenvalue weighted by molar-refractivity contribution is 0.581. The normalized spacial score (nSPS) is 11.9. The monoisotopic (exact) mass is 283 g/mol. The summed E-state index contributed by atoms with van der Waals surface area (Å²) in [5.74, 6) is 0. The van der Waals surface area contributed by atoms with Crippen LogP contribution in [-0.2, 0) is 10.0 Å². The molecule has 0 aliphatic heterocycles. The molecule has 0 saturated carbocycles. The first-order valence-corrected chi connectivity index (χ1v) is 7.58. The lowest BCUT2D eigenvalue weighted by Gasteiger charge is -2.07. The van der Waals surface area contributed by atoms with E-state index in [1.165, 1.54) is 0 Å². The molecule has 3 nitrogen and oxygen atoms in total. The van der Waals surface area contributed by atoms with E-state index in [0.717, 1.165) is 17.2 Å². The van der Waals surface area contributed by atoms with Gasteiger partial charge in [0, 0.05) is 17.0 Å². The molecule has 0 aliphatic rings. The Bertz CT molecular complexity index is 668. The van der Waals surface area contributed by atoms with Gasteiger partial charge in [0.05, 0.1) is 4.90 Å². The van der Waals surface area contributed by atoms with Gasteiger partial charge >= 0.3 is 0 Å². The molecule has 0 radical (unpaired) electrons. The van der Waals surface area contributed by atoms with E-state index in [-0.39, 0.29) is 4.90 Å². The third kappa shape index (κ3) is 2.66. The van der Waals surface area contributed by atoms with Crippen LogP contribution in [0.25, 0.3) is 10.8 Å². The second kappa shape index (κ2) is 5.26. The molecule has 2 aromatic carbocycles. The molecule has 18 heavy (non-hydrogen) atoms. The van der Waals surface area contributed by atoms with Crippen LogP contribution < -0.4 is 4.72 Å². The van der Waals surface area contributed by atoms with Crippen molar-refractivity contribution in [2.24, 2.45) is 0 Å². The van der Waals surface area contributed by atoms with Crippen LogP contribution in [0, 0.1) is 0 Å². The maximum Gasteiger partial charge on any atom is 0.240 e. The summed E-state index contributed by atoms with van der Waals surface area (Å²) in [5, 5.41) is 2.30. The molecular weight excluding hydrogens is 270 g/mol. The van der Waals surface area contributed by atoms with Gasteiger partial charge in [-0.15, -0.1) is 0 Å². The summed E-state index contributed by atoms with van der Waals surface area (Å²) >= 11 is 6.04. The van der Waals surface area contributed by atoms with Crippen LogP contribution in [0.1, 0.15) is 13.3 Å². The van der Waals surface area contributed by atoms with Crippen molar-refractivity contribution in [2.75, 3.05) is 6.54 Å². The van der Waals surface area contributed by atoms with Crippen molar-refractivity contribution in [1.82, 2.24) is 4.72 Å². The van der Waals surface area contributed by atoms with Crippen LogP contribution in [0.15, 0.2) is 41.3 Å². The number of benzene rings is 2. The molecular formula is C13H14ClNO2S. The van der Waals surface area contributed by atoms with Crippen LogP contribution in [0.4, 0.5) is 0 Å². The zero-order valence-corrected chi connectivity index (χ0v) is 11.6. The molecule has 0 heterocycles. The molecule has 1 N–H and O–H groups in total. The Morgan fingerprint density at radius 2 is 2.00 bits per heavy atom. The highest BCUT2D eigenvalue weighted by molar-refractivity contribution is 7.89. The minimum Gasteiger partial charge on any atom is -0.211 e. The highest BCUT2D eigenvalue weighted by atomic mass is 35.5. The van der Waals surface area contributed by atoms with E-state index < -0.39 is 10.0 Å². The van der Waals surface area contributed by atoms with Crippen molar-refractivity contribution in [3.63, 3.8) is 0 Å². The second-order valence-corrected chi connectivity index (χ2v) is 6.19. The highest BCUT2D eigenvalue weighted by Crippen LogP contribution is 2.25. The van der Waals surface area contributed by atoms with Gasteiger partial charge in [-0.25, -0.2) is 13.1 Å². The van der Waals surface area contributed by atoms with Crippen molar-refractivity contribution in [3.05, 3.63) is 41.4 Å². The first kappa shape index (κ1) is 13.3. The van der Waals surface area contributed by atoms with Gasteiger partial charge in [0.1, 0.15) is 0 Å². The molecule has 0 aromatic heterocycles. The van der Waals surface area contributed by atoms with Gasteiger partial charge in [-0.3, -0.25) is 0 Å². The minimum atomic E-state index is -3.42. The summed E-state index contributed by atoms with van der Waals surface area (Å²) in [6.45, 7) is 2.36. The van der Waals surface area contributed by atoms with Crippen LogP contribution >= 0.6 is 11.6 Å². The molecule has 2 rings (SSSR count). The maximum absolute atomic E-state index is 12.0. The number of halogens is 1. The fourth-order valence-electron chi connectivity index (χ4n) is 1.71. The van der Waals surface area contributed by atoms with Crippen molar-refractivity contribution < 1.29 is 8.42 Å². The Labute approximate surface area is 112 Å². The molecule has 5 heteroatoms. The van der Waals surface area contributed by atoms with Crippen molar-refractivity contribution >= 4 is 32.4 Å². The van der Waals surface area contributed by atoms with Crippen LogP contribution in [0.5, 0.6) is 0 Å². The Morgan fingerprint density at radius 3 is 2.72 bits per heavy atom. The first-order chi connectivity index (χ1) is 8.54. The Kier molecular flexibility index (Phi) is 3.90. The fourth-order valence-corrected chi connectivity index (χ4v) is 3.12. The zero-order valence-electron chi connectivity index (χ0n) is 9.98. The lowest BCUT2D eigenvalue weighted by Crippen LogP contribution is -2.24. The van der Waals surface area contributed by atoms with Crippen LogP contribution in [0.2, 0.25) is 5.02 Å². The number of hydrogen-bond acceptors (Lipinski definition) is 2. The average molecular weight is 284 g/mol. The number of sulfonamides is 1. The van der Waals surface area contributed by atoms with E-state index in [9.17, 15) is 8.42 Å². The molecule has 0 saturated heterocycles. The zero-order chi connectivity index (χ0) is 13.2. The van der Waals surface area contributed by atoms with Crippen molar-refractivity contribution in [2.45, 2.75) is 18.2 Å². The standard InChI is InChI=1S/C13H14ClNO2S/c1-2-8-15-18(16,17)11-6-7-12-10(9-11)4-3-5-13(12)14/h3-7,9,15H,2,8H2,1H3. The molecule has 2 aromatic rings. The average Bonchev–Trinajstić information content (AvgIpc) is 2.36. The molecule has 0 aliphatic carbocycles. The fraction of sp³-hybridized carbons (Fsp3) is 0.231. The lowest BCUT2D eigenvalue weighted by atomic mass is 10.1. The van der Waals surface area contributed by atoms with Crippen LogP contribution in [0.3, 0.4) is 0 Å². The molecule has 96 valence electrons. The molecule has 0 spiro atoms. The molecule has 0 bridgehead atoms. The maximum atomic E-state index is 12.0. The van der Waals surface area contributed by atoms with Gasteiger partial charge < -0.3 is 0 Å². The third-order valence-electron chi connectivity index (χ3n) is 2.65. The quantitative estimate of drug-likeness (QED) is 0.937. The molecule has 0 amide bonds. The van der Waals surface area contributed by atoms with E-state index in [1.807, 2.05) is 13.0 Å². The summed E-state index contributed by atoms with van der Waals surface area (Å²) in [5.41, 5.74) is 0. The van der Waals surface area contributed by atoms with Gasteiger partial charge in [-0.1, -0.05) is 36.7 Å². The first-order valence-electron chi connectivity index (χ1n) is 5.72. The summed E-state index contributed by atoms with van der Waals surface area (Å²) in [6.07, 6.45) is 0.763. The van der Waals surface area contributed by atoms with Gasteiger partial charge in [0.15, 0.2) is 0 Å². The Balaban J connectivity index is 2.48. The van der Waals surface area contributed by atoms with E-state index in [0.29, 0.717) is 11.6 Å². The third-order valence-corrected chi connectivity index (χ3v) is 4.44. The van der Waals surface area contributed by atoms with E-state index in [4.69, 9.17) is 11.6 Å². The minimum absolute atomic E-state index is 0.269. The molecule has 0 atom stereocenters. The number of hydrogen-bond donors (Lipinski definition) is 1. The Hall–Kier alpha value is -1.10. The van der Waals surface area contributed by atoms with Gasteiger partial charge in [0.2, 0.25) is 10.0 Å². The predicted octanol–water partition coefficient (Wildman–Crippen LogP) is 3.18. The number of rotatable bonds is 4. The van der Waals surface area contributed by atoms with Gasteiger partial charge in [-0.05, 0) is 30.0 Å². The predicted molar refractivity (Wildman–Crippen MR) is 74.4 cm³/mol. The van der Waals surface area contributed by atoms with E-state index in [2.05, 4.69) is 4.72 Å². The largest absolute Gasteiger partial charge is 0.240 e. The highest BCUT2D eigenvalue weighted by Gasteiger charge is 2.13. The van der Waals surface area contributed by atoms with E-state index in [1.54, 1.807) is 30.3 Å². The summed E-state index contributed by atoms with van der Waals surface area (Å²) in [6, 6.07) is 10.4. The van der Waals surface area contributed by atoms with Crippen molar-refractivity contribution in [1.29, 1.82) is 0 Å². The SMILES string of the molecule is CCCNS(=O)(=O)c1ccc2c(Cl)cccc2c1. The molecule has 0 unspecified atom stereocenters.